The van der Waals surface area contributed by atoms with E-state index < -0.39 is 0 Å². The molecule has 0 unspecified atom stereocenters. The fraction of sp³-hybridized carbons (Fsp3) is 0.167. The van der Waals surface area contributed by atoms with Gasteiger partial charge in [-0.15, -0.1) is 0 Å². The third-order valence-electron chi connectivity index (χ3n) is 3.20. The summed E-state index contributed by atoms with van der Waals surface area (Å²) in [6.45, 7) is 0. The number of amides is 2. The number of rotatable bonds is 7. The smallest absolute Gasteiger partial charge is 0.240 e. The Morgan fingerprint density at radius 2 is 1.84 bits per heavy atom. The molecular weight excluding hydrogens is 386 g/mol. The van der Waals surface area contributed by atoms with Gasteiger partial charge in [0, 0.05) is 23.0 Å². The first-order chi connectivity index (χ1) is 12.1. The highest BCUT2D eigenvalue weighted by Gasteiger charge is 2.07. The Hall–Kier alpha value is -2.67. The predicted octanol–water partition coefficient (Wildman–Crippen LogP) is 3.33. The molecule has 0 aliphatic rings. The van der Waals surface area contributed by atoms with Crippen LogP contribution in [0.3, 0.4) is 0 Å². The highest BCUT2D eigenvalue weighted by molar-refractivity contribution is 9.10. The van der Waals surface area contributed by atoms with Crippen LogP contribution in [0.2, 0.25) is 0 Å². The Labute approximate surface area is 154 Å². The van der Waals surface area contributed by atoms with Crippen molar-refractivity contribution in [2.75, 3.05) is 12.4 Å². The molecule has 0 fully saturated rings. The molecule has 2 aromatic carbocycles. The molecule has 6 nitrogen and oxygen atoms in total. The van der Waals surface area contributed by atoms with Gasteiger partial charge in [0.25, 0.3) is 0 Å². The van der Waals surface area contributed by atoms with Crippen molar-refractivity contribution < 1.29 is 14.3 Å². The molecule has 130 valence electrons. The van der Waals surface area contributed by atoms with Crippen molar-refractivity contribution in [3.63, 3.8) is 0 Å². The molecule has 2 aromatic rings. The van der Waals surface area contributed by atoms with Crippen molar-refractivity contribution in [1.82, 2.24) is 5.43 Å². The van der Waals surface area contributed by atoms with E-state index >= 15 is 0 Å². The molecule has 2 rings (SSSR count). The maximum Gasteiger partial charge on any atom is 0.240 e. The van der Waals surface area contributed by atoms with Crippen LogP contribution in [0.1, 0.15) is 18.4 Å². The van der Waals surface area contributed by atoms with Crippen LogP contribution in [0.4, 0.5) is 5.69 Å². The second-order valence-corrected chi connectivity index (χ2v) is 6.04. The second kappa shape index (κ2) is 9.58. The molecule has 0 aliphatic heterocycles. The molecule has 0 radical (unpaired) electrons. The monoisotopic (exact) mass is 403 g/mol. The summed E-state index contributed by atoms with van der Waals surface area (Å²) in [5, 5.41) is 6.59. The van der Waals surface area contributed by atoms with Crippen molar-refractivity contribution in [2.24, 2.45) is 5.10 Å². The van der Waals surface area contributed by atoms with Crippen LogP contribution < -0.4 is 15.5 Å². The van der Waals surface area contributed by atoms with E-state index in [1.165, 1.54) is 0 Å². The number of carbonyl (C=O) groups excluding carboxylic acids is 2. The van der Waals surface area contributed by atoms with Crippen LogP contribution in [-0.2, 0) is 9.59 Å². The number of halogens is 1. The lowest BCUT2D eigenvalue weighted by molar-refractivity contribution is -0.124. The van der Waals surface area contributed by atoms with Gasteiger partial charge in [-0.1, -0.05) is 28.1 Å². The van der Waals surface area contributed by atoms with Gasteiger partial charge in [-0.05, 0) is 42.0 Å². The zero-order chi connectivity index (χ0) is 18.1. The Kier molecular flexibility index (Phi) is 7.16. The van der Waals surface area contributed by atoms with Crippen LogP contribution in [0.5, 0.6) is 5.75 Å². The van der Waals surface area contributed by atoms with E-state index in [2.05, 4.69) is 31.8 Å². The zero-order valence-electron chi connectivity index (χ0n) is 13.7. The fourth-order valence-corrected chi connectivity index (χ4v) is 2.36. The van der Waals surface area contributed by atoms with E-state index in [1.54, 1.807) is 37.6 Å². The molecule has 7 heteroatoms. The van der Waals surface area contributed by atoms with E-state index in [0.29, 0.717) is 11.4 Å². The first-order valence-corrected chi connectivity index (χ1v) is 8.37. The van der Waals surface area contributed by atoms with Gasteiger partial charge < -0.3 is 10.1 Å². The Bertz CT molecular complexity index is 760. The Balaban J connectivity index is 1.72. The van der Waals surface area contributed by atoms with E-state index in [4.69, 9.17) is 4.74 Å². The second-order valence-electron chi connectivity index (χ2n) is 5.12. The largest absolute Gasteiger partial charge is 0.497 e. The standard InChI is InChI=1S/C18H18BrN3O3/c1-25-16-7-5-15(6-8-16)21-17(23)9-10-18(24)22-20-12-13-3-2-4-14(19)11-13/h2-8,11-12H,9-10H2,1H3,(H,21,23)(H,22,24)/b20-12+. The molecule has 0 aromatic heterocycles. The van der Waals surface area contributed by atoms with Gasteiger partial charge in [-0.25, -0.2) is 5.43 Å². The number of anilines is 1. The minimum atomic E-state index is -0.323. The molecule has 0 spiro atoms. The first kappa shape index (κ1) is 18.7. The van der Waals surface area contributed by atoms with E-state index in [-0.39, 0.29) is 24.7 Å². The highest BCUT2D eigenvalue weighted by atomic mass is 79.9. The predicted molar refractivity (Wildman–Crippen MR) is 101 cm³/mol. The van der Waals surface area contributed by atoms with Gasteiger partial charge in [0.2, 0.25) is 11.8 Å². The summed E-state index contributed by atoms with van der Waals surface area (Å²) in [4.78, 5) is 23.5. The summed E-state index contributed by atoms with van der Waals surface area (Å²) in [7, 11) is 1.57. The van der Waals surface area contributed by atoms with Crippen LogP contribution in [0.15, 0.2) is 58.1 Å². The Morgan fingerprint density at radius 1 is 1.12 bits per heavy atom. The number of benzene rings is 2. The average molecular weight is 404 g/mol. The summed E-state index contributed by atoms with van der Waals surface area (Å²) in [6, 6.07) is 14.5. The number of hydrogen-bond acceptors (Lipinski definition) is 4. The SMILES string of the molecule is COc1ccc(NC(=O)CCC(=O)N/N=C/c2cccc(Br)c2)cc1. The summed E-state index contributed by atoms with van der Waals surface area (Å²) >= 11 is 3.36. The summed E-state index contributed by atoms with van der Waals surface area (Å²) in [5.41, 5.74) is 3.91. The van der Waals surface area contributed by atoms with Crippen molar-refractivity contribution in [3.8, 4) is 5.75 Å². The maximum absolute atomic E-state index is 11.8. The third kappa shape index (κ3) is 6.76. The number of nitrogens with zero attached hydrogens (tertiary/aromatic N) is 1. The lowest BCUT2D eigenvalue weighted by Gasteiger charge is -2.06. The van der Waals surface area contributed by atoms with Gasteiger partial charge in [0.1, 0.15) is 5.75 Å². The van der Waals surface area contributed by atoms with Crippen LogP contribution in [0, 0.1) is 0 Å². The van der Waals surface area contributed by atoms with Crippen molar-refractivity contribution in [2.45, 2.75) is 12.8 Å². The van der Waals surface area contributed by atoms with Crippen molar-refractivity contribution >= 4 is 39.6 Å². The van der Waals surface area contributed by atoms with Gasteiger partial charge in [0.15, 0.2) is 0 Å². The van der Waals surface area contributed by atoms with Crippen LogP contribution in [-0.4, -0.2) is 25.1 Å². The lowest BCUT2D eigenvalue weighted by atomic mass is 10.2. The molecule has 2 amide bonds. The third-order valence-corrected chi connectivity index (χ3v) is 3.70. The number of hydrogen-bond donors (Lipinski definition) is 2. The molecular formula is C18H18BrN3O3. The molecule has 25 heavy (non-hydrogen) atoms. The van der Waals surface area contributed by atoms with Crippen LogP contribution in [0.25, 0.3) is 0 Å². The fourth-order valence-electron chi connectivity index (χ4n) is 1.95. The van der Waals surface area contributed by atoms with Gasteiger partial charge in [0.05, 0.1) is 13.3 Å². The summed E-state index contributed by atoms with van der Waals surface area (Å²) in [5.74, 6) is 0.146. The lowest BCUT2D eigenvalue weighted by Crippen LogP contribution is -2.20. The highest BCUT2D eigenvalue weighted by Crippen LogP contribution is 2.15. The molecule has 0 saturated heterocycles. The van der Waals surface area contributed by atoms with E-state index in [0.717, 1.165) is 10.0 Å². The molecule has 0 heterocycles. The normalized spacial score (nSPS) is 10.5. The minimum Gasteiger partial charge on any atom is -0.497 e. The number of carbonyl (C=O) groups is 2. The summed E-state index contributed by atoms with van der Waals surface area (Å²) < 4.78 is 5.98. The number of nitrogens with one attached hydrogen (secondary N) is 2. The minimum absolute atomic E-state index is 0.0534. The molecule has 0 bridgehead atoms. The van der Waals surface area contributed by atoms with Crippen molar-refractivity contribution in [3.05, 3.63) is 58.6 Å². The number of hydrazone groups is 1. The zero-order valence-corrected chi connectivity index (χ0v) is 15.2. The summed E-state index contributed by atoms with van der Waals surface area (Å²) in [6.07, 6.45) is 1.67. The Morgan fingerprint density at radius 3 is 2.52 bits per heavy atom. The van der Waals surface area contributed by atoms with E-state index in [9.17, 15) is 9.59 Å². The van der Waals surface area contributed by atoms with Crippen LogP contribution >= 0.6 is 15.9 Å². The molecule has 2 N–H and O–H groups in total. The van der Waals surface area contributed by atoms with Gasteiger partial charge in [-0.3, -0.25) is 9.59 Å². The quantitative estimate of drug-likeness (QED) is 0.549. The number of ether oxygens (including phenoxy) is 1. The topological polar surface area (TPSA) is 79.8 Å². The molecule has 0 aliphatic carbocycles. The van der Waals surface area contributed by atoms with Crippen molar-refractivity contribution in [1.29, 1.82) is 0 Å². The first-order valence-electron chi connectivity index (χ1n) is 7.58. The molecule has 0 saturated carbocycles. The average Bonchev–Trinajstić information content (AvgIpc) is 2.61. The number of methoxy groups -OCH3 is 1. The van der Waals surface area contributed by atoms with Gasteiger partial charge in [-0.2, -0.15) is 5.10 Å². The van der Waals surface area contributed by atoms with Gasteiger partial charge >= 0.3 is 0 Å². The van der Waals surface area contributed by atoms with E-state index in [1.807, 2.05) is 24.3 Å². The maximum atomic E-state index is 11.8. The molecule has 0 atom stereocenters.